The normalized spacial score (nSPS) is 12.1. The van der Waals surface area contributed by atoms with Crippen LogP contribution in [0.15, 0.2) is 0 Å². The molecule has 0 aliphatic heterocycles. The first kappa shape index (κ1) is 26.9. The van der Waals surface area contributed by atoms with E-state index in [1.807, 2.05) is 0 Å². The zero-order chi connectivity index (χ0) is 21.7. The molecule has 0 heterocycles. The first-order chi connectivity index (χ1) is 13.0. The van der Waals surface area contributed by atoms with E-state index in [1.54, 1.807) is 0 Å². The summed E-state index contributed by atoms with van der Waals surface area (Å²) in [7, 11) is 0. The maximum Gasteiger partial charge on any atom is 0.306 e. The Hall–Kier alpha value is -1.06. The Labute approximate surface area is 174 Å². The van der Waals surface area contributed by atoms with Gasteiger partial charge in [-0.15, -0.1) is 0 Å². The van der Waals surface area contributed by atoms with Gasteiger partial charge in [-0.25, -0.2) is 0 Å². The van der Waals surface area contributed by atoms with Crippen LogP contribution in [0, 0.1) is 35.5 Å². The smallest absolute Gasteiger partial charge is 0.306 e. The van der Waals surface area contributed by atoms with E-state index in [0.29, 0.717) is 48.7 Å². The molecule has 4 heteroatoms. The third-order valence-corrected chi connectivity index (χ3v) is 4.71. The topological polar surface area (TPSA) is 52.6 Å². The second-order valence-corrected chi connectivity index (χ2v) is 10.1. The highest BCUT2D eigenvalue weighted by Gasteiger charge is 2.18. The van der Waals surface area contributed by atoms with E-state index in [1.165, 1.54) is 0 Å². The molecule has 0 N–H and O–H groups in total. The number of ether oxygens (including phenoxy) is 2. The van der Waals surface area contributed by atoms with E-state index in [4.69, 9.17) is 9.47 Å². The van der Waals surface area contributed by atoms with Gasteiger partial charge in [-0.3, -0.25) is 9.59 Å². The van der Waals surface area contributed by atoms with Crippen LogP contribution < -0.4 is 0 Å². The number of rotatable bonds is 15. The standard InChI is InChI=1S/C24H46O4/c1-17(2)11-21(12-18(3)4)15-27-23(25)9-10-24(26)28-16-22(13-19(5)6)14-20(7)8/h17-22H,9-16H2,1-8H3. The Kier molecular flexibility index (Phi) is 14.3. The lowest BCUT2D eigenvalue weighted by Crippen LogP contribution is -2.20. The molecule has 0 aliphatic carbocycles. The van der Waals surface area contributed by atoms with Crippen LogP contribution in [-0.4, -0.2) is 25.2 Å². The fourth-order valence-corrected chi connectivity index (χ4v) is 3.90. The molecular formula is C24H46O4. The summed E-state index contributed by atoms with van der Waals surface area (Å²) in [6.07, 6.45) is 4.43. The van der Waals surface area contributed by atoms with Crippen molar-refractivity contribution in [1.82, 2.24) is 0 Å². The number of hydrogen-bond acceptors (Lipinski definition) is 4. The van der Waals surface area contributed by atoms with E-state index in [-0.39, 0.29) is 24.8 Å². The van der Waals surface area contributed by atoms with Gasteiger partial charge < -0.3 is 9.47 Å². The molecule has 0 saturated carbocycles. The van der Waals surface area contributed by atoms with Gasteiger partial charge in [0.1, 0.15) is 0 Å². The lowest BCUT2D eigenvalue weighted by molar-refractivity contribution is -0.152. The molecule has 0 aromatic heterocycles. The Morgan fingerprint density at radius 2 is 0.786 bits per heavy atom. The third-order valence-electron chi connectivity index (χ3n) is 4.71. The van der Waals surface area contributed by atoms with Crippen LogP contribution in [0.1, 0.15) is 93.9 Å². The van der Waals surface area contributed by atoms with Gasteiger partial charge in [0.05, 0.1) is 26.1 Å². The second-order valence-electron chi connectivity index (χ2n) is 10.1. The van der Waals surface area contributed by atoms with E-state index in [0.717, 1.165) is 25.7 Å². The SMILES string of the molecule is CC(C)CC(COC(=O)CCC(=O)OCC(CC(C)C)CC(C)C)CC(C)C. The van der Waals surface area contributed by atoms with Crippen LogP contribution in [0.5, 0.6) is 0 Å². The Morgan fingerprint density at radius 3 is 1.00 bits per heavy atom. The van der Waals surface area contributed by atoms with Gasteiger partial charge in [0.15, 0.2) is 0 Å². The van der Waals surface area contributed by atoms with Crippen LogP contribution in [0.4, 0.5) is 0 Å². The van der Waals surface area contributed by atoms with E-state index in [2.05, 4.69) is 55.4 Å². The highest BCUT2D eigenvalue weighted by molar-refractivity contribution is 5.77. The van der Waals surface area contributed by atoms with Gasteiger partial charge in [0.2, 0.25) is 0 Å². The van der Waals surface area contributed by atoms with Crippen molar-refractivity contribution in [3.8, 4) is 0 Å². The minimum absolute atomic E-state index is 0.105. The van der Waals surface area contributed by atoms with Crippen molar-refractivity contribution >= 4 is 11.9 Å². The van der Waals surface area contributed by atoms with Crippen molar-refractivity contribution in [3.05, 3.63) is 0 Å². The third kappa shape index (κ3) is 15.9. The van der Waals surface area contributed by atoms with Crippen LogP contribution in [0.25, 0.3) is 0 Å². The maximum atomic E-state index is 12.0. The van der Waals surface area contributed by atoms with Crippen molar-refractivity contribution in [2.75, 3.05) is 13.2 Å². The summed E-state index contributed by atoms with van der Waals surface area (Å²) < 4.78 is 10.9. The predicted molar refractivity (Wildman–Crippen MR) is 116 cm³/mol. The molecule has 0 unspecified atom stereocenters. The molecule has 0 amide bonds. The van der Waals surface area contributed by atoms with Crippen molar-refractivity contribution in [2.45, 2.75) is 93.9 Å². The Morgan fingerprint density at radius 1 is 0.536 bits per heavy atom. The van der Waals surface area contributed by atoms with E-state index < -0.39 is 0 Å². The fourth-order valence-electron chi connectivity index (χ4n) is 3.90. The van der Waals surface area contributed by atoms with Gasteiger partial charge in [-0.2, -0.15) is 0 Å². The number of esters is 2. The first-order valence-corrected chi connectivity index (χ1v) is 11.3. The molecule has 0 aromatic rings. The zero-order valence-corrected chi connectivity index (χ0v) is 19.8. The van der Waals surface area contributed by atoms with Crippen molar-refractivity contribution in [3.63, 3.8) is 0 Å². The zero-order valence-electron chi connectivity index (χ0n) is 19.8. The largest absolute Gasteiger partial charge is 0.465 e. The van der Waals surface area contributed by atoms with E-state index >= 15 is 0 Å². The van der Waals surface area contributed by atoms with Crippen LogP contribution in [0.2, 0.25) is 0 Å². The molecule has 0 fully saturated rings. The summed E-state index contributed by atoms with van der Waals surface area (Å²) in [6.45, 7) is 18.4. The number of carbonyl (C=O) groups excluding carboxylic acids is 2. The molecule has 0 saturated heterocycles. The summed E-state index contributed by atoms with van der Waals surface area (Å²) in [5.41, 5.74) is 0. The van der Waals surface area contributed by atoms with Crippen LogP contribution >= 0.6 is 0 Å². The molecule has 0 rings (SSSR count). The average Bonchev–Trinajstić information content (AvgIpc) is 2.53. The quantitative estimate of drug-likeness (QED) is 0.305. The van der Waals surface area contributed by atoms with Crippen molar-refractivity contribution in [2.24, 2.45) is 35.5 Å². The molecule has 0 spiro atoms. The lowest BCUT2D eigenvalue weighted by atomic mass is 9.90. The molecule has 0 radical (unpaired) electrons. The monoisotopic (exact) mass is 398 g/mol. The summed E-state index contributed by atoms with van der Waals surface area (Å²) in [4.78, 5) is 24.0. The molecule has 0 aromatic carbocycles. The molecular weight excluding hydrogens is 352 g/mol. The average molecular weight is 399 g/mol. The van der Waals surface area contributed by atoms with Gasteiger partial charge in [0, 0.05) is 0 Å². The maximum absolute atomic E-state index is 12.0. The minimum Gasteiger partial charge on any atom is -0.465 e. The highest BCUT2D eigenvalue weighted by atomic mass is 16.5. The van der Waals surface area contributed by atoms with E-state index in [9.17, 15) is 9.59 Å². The summed E-state index contributed by atoms with van der Waals surface area (Å²) in [5.74, 6) is 2.53. The Balaban J connectivity index is 4.22. The number of carbonyl (C=O) groups is 2. The molecule has 0 bridgehead atoms. The van der Waals surface area contributed by atoms with Crippen LogP contribution in [0.3, 0.4) is 0 Å². The van der Waals surface area contributed by atoms with Gasteiger partial charge in [-0.05, 0) is 61.2 Å². The first-order valence-electron chi connectivity index (χ1n) is 11.3. The molecule has 166 valence electrons. The molecule has 0 aliphatic rings. The minimum atomic E-state index is -0.296. The van der Waals surface area contributed by atoms with Gasteiger partial charge in [-0.1, -0.05) is 55.4 Å². The van der Waals surface area contributed by atoms with Crippen LogP contribution in [-0.2, 0) is 19.1 Å². The Bertz CT molecular complexity index is 366. The predicted octanol–water partition coefficient (Wildman–Crippen LogP) is 6.27. The second kappa shape index (κ2) is 14.9. The van der Waals surface area contributed by atoms with Gasteiger partial charge >= 0.3 is 11.9 Å². The molecule has 28 heavy (non-hydrogen) atoms. The van der Waals surface area contributed by atoms with Gasteiger partial charge in [0.25, 0.3) is 0 Å². The molecule has 4 nitrogen and oxygen atoms in total. The number of hydrogen-bond donors (Lipinski definition) is 0. The fraction of sp³-hybridized carbons (Fsp3) is 0.917. The van der Waals surface area contributed by atoms with Crippen molar-refractivity contribution < 1.29 is 19.1 Å². The molecule has 0 atom stereocenters. The summed E-state index contributed by atoms with van der Waals surface area (Å²) >= 11 is 0. The lowest BCUT2D eigenvalue weighted by Gasteiger charge is -2.21. The summed E-state index contributed by atoms with van der Waals surface area (Å²) in [6, 6.07) is 0. The van der Waals surface area contributed by atoms with Crippen molar-refractivity contribution in [1.29, 1.82) is 0 Å². The summed E-state index contributed by atoms with van der Waals surface area (Å²) in [5, 5.41) is 0. The highest BCUT2D eigenvalue weighted by Crippen LogP contribution is 2.22.